The van der Waals surface area contributed by atoms with E-state index >= 15 is 0 Å². The average molecular weight is 474 g/mol. The summed E-state index contributed by atoms with van der Waals surface area (Å²) in [6.07, 6.45) is 0.638. The predicted octanol–water partition coefficient (Wildman–Crippen LogP) is 4.88. The molecule has 1 unspecified atom stereocenters. The Morgan fingerprint density at radius 1 is 1.09 bits per heavy atom. The average Bonchev–Trinajstić information content (AvgIpc) is 2.86. The number of fused-ring (bicyclic) bond motifs is 1. The monoisotopic (exact) mass is 473 g/mol. The third kappa shape index (κ3) is 4.79. The molecule has 34 heavy (non-hydrogen) atoms. The molecular formula is C27H27N3O3S. The maximum Gasteiger partial charge on any atom is 0.261 e. The van der Waals surface area contributed by atoms with Crippen molar-refractivity contribution < 1.29 is 9.53 Å². The Labute approximate surface area is 203 Å². The van der Waals surface area contributed by atoms with E-state index in [2.05, 4.69) is 4.98 Å². The number of nitrogens with zero attached hydrogens (tertiary/aromatic N) is 2. The maximum absolute atomic E-state index is 13.8. The number of H-pyrrole nitrogens is 1. The van der Waals surface area contributed by atoms with Gasteiger partial charge in [0.05, 0.1) is 18.0 Å². The summed E-state index contributed by atoms with van der Waals surface area (Å²) in [5.74, 6) is 0.684. The molecule has 7 heteroatoms. The first-order valence-corrected chi connectivity index (χ1v) is 11.5. The van der Waals surface area contributed by atoms with E-state index in [-0.39, 0.29) is 17.5 Å². The lowest BCUT2D eigenvalue weighted by atomic mass is 10.0. The number of aromatic nitrogens is 2. The largest absolute Gasteiger partial charge is 0.496 e. The van der Waals surface area contributed by atoms with Gasteiger partial charge in [-0.05, 0) is 61.0 Å². The number of nitrogens with one attached hydrogen (secondary N) is 1. The molecule has 6 nitrogen and oxygen atoms in total. The van der Waals surface area contributed by atoms with Crippen molar-refractivity contribution >= 4 is 29.0 Å². The van der Waals surface area contributed by atoms with Crippen LogP contribution >= 0.6 is 12.2 Å². The molecular weight excluding hydrogens is 446 g/mol. The topological polar surface area (TPSA) is 67.3 Å². The van der Waals surface area contributed by atoms with Gasteiger partial charge in [0.2, 0.25) is 0 Å². The molecule has 0 fully saturated rings. The lowest BCUT2D eigenvalue weighted by Crippen LogP contribution is -2.39. The Hall–Kier alpha value is -3.71. The molecule has 0 spiro atoms. The normalized spacial score (nSPS) is 11.9. The van der Waals surface area contributed by atoms with Crippen molar-refractivity contribution in [3.8, 4) is 5.75 Å². The van der Waals surface area contributed by atoms with Gasteiger partial charge in [-0.25, -0.2) is 0 Å². The van der Waals surface area contributed by atoms with Crippen LogP contribution in [0.3, 0.4) is 0 Å². The van der Waals surface area contributed by atoms with Crippen molar-refractivity contribution in [2.24, 2.45) is 7.05 Å². The smallest absolute Gasteiger partial charge is 0.261 e. The van der Waals surface area contributed by atoms with Gasteiger partial charge in [-0.2, -0.15) is 0 Å². The van der Waals surface area contributed by atoms with Gasteiger partial charge in [0, 0.05) is 25.2 Å². The van der Waals surface area contributed by atoms with Gasteiger partial charge >= 0.3 is 0 Å². The Morgan fingerprint density at radius 3 is 2.53 bits per heavy atom. The molecule has 0 saturated carbocycles. The summed E-state index contributed by atoms with van der Waals surface area (Å²) in [5.41, 5.74) is 2.93. The number of carbonyl (C=O) groups is 1. The summed E-state index contributed by atoms with van der Waals surface area (Å²) < 4.78 is 7.22. The standard InChI is InChI=1S/C27H27N3O3S/c1-18(15-20-11-7-8-12-24(20)33-3)30(17-19-9-5-4-6-10-19)25(31)21-13-14-22-23(16-21)28-27(34)29(2)26(22)32/h4-14,16,18H,15,17H2,1-3H3,(H,28,34). The number of hydrogen-bond acceptors (Lipinski definition) is 4. The molecule has 1 atom stereocenters. The molecule has 4 rings (SSSR count). The number of ether oxygens (including phenoxy) is 1. The lowest BCUT2D eigenvalue weighted by molar-refractivity contribution is 0.0675. The number of methoxy groups -OCH3 is 1. The van der Waals surface area contributed by atoms with Crippen molar-refractivity contribution in [1.82, 2.24) is 14.5 Å². The molecule has 0 radical (unpaired) electrons. The van der Waals surface area contributed by atoms with Crippen LogP contribution < -0.4 is 10.3 Å². The summed E-state index contributed by atoms with van der Waals surface area (Å²) in [4.78, 5) is 31.3. The first kappa shape index (κ1) is 23.4. The van der Waals surface area contributed by atoms with Gasteiger partial charge in [-0.15, -0.1) is 0 Å². The van der Waals surface area contributed by atoms with Gasteiger partial charge in [-0.1, -0.05) is 48.5 Å². The zero-order valence-electron chi connectivity index (χ0n) is 19.4. The van der Waals surface area contributed by atoms with Crippen molar-refractivity contribution in [1.29, 1.82) is 0 Å². The van der Waals surface area contributed by atoms with Gasteiger partial charge < -0.3 is 14.6 Å². The van der Waals surface area contributed by atoms with Crippen LogP contribution in [0, 0.1) is 4.77 Å². The molecule has 4 aromatic rings. The highest BCUT2D eigenvalue weighted by molar-refractivity contribution is 7.71. The third-order valence-corrected chi connectivity index (χ3v) is 6.42. The van der Waals surface area contributed by atoms with E-state index < -0.39 is 0 Å². The summed E-state index contributed by atoms with van der Waals surface area (Å²) in [6.45, 7) is 2.50. The molecule has 0 bridgehead atoms. The fourth-order valence-electron chi connectivity index (χ4n) is 4.11. The summed E-state index contributed by atoms with van der Waals surface area (Å²) in [5, 5.41) is 0.490. The molecule has 0 aliphatic carbocycles. The minimum Gasteiger partial charge on any atom is -0.496 e. The molecule has 1 aromatic heterocycles. The number of para-hydroxylation sites is 1. The van der Waals surface area contributed by atoms with Crippen LogP contribution in [0.4, 0.5) is 0 Å². The van der Waals surface area contributed by atoms with Crippen LogP contribution in [0.1, 0.15) is 28.4 Å². The van der Waals surface area contributed by atoms with E-state index in [1.165, 1.54) is 4.57 Å². The predicted molar refractivity (Wildman–Crippen MR) is 137 cm³/mol. The van der Waals surface area contributed by atoms with Crippen LogP contribution in [0.2, 0.25) is 0 Å². The van der Waals surface area contributed by atoms with E-state index in [1.54, 1.807) is 32.4 Å². The Bertz CT molecular complexity index is 1440. The Morgan fingerprint density at radius 2 is 1.79 bits per heavy atom. The first-order valence-electron chi connectivity index (χ1n) is 11.1. The maximum atomic E-state index is 13.8. The second-order valence-electron chi connectivity index (χ2n) is 8.34. The highest BCUT2D eigenvalue weighted by Crippen LogP contribution is 2.23. The fourth-order valence-corrected chi connectivity index (χ4v) is 4.31. The Kier molecular flexibility index (Phi) is 6.93. The number of carbonyl (C=O) groups excluding carboxylic acids is 1. The van der Waals surface area contributed by atoms with Gasteiger partial charge in [0.1, 0.15) is 5.75 Å². The van der Waals surface area contributed by atoms with Crippen molar-refractivity contribution in [2.75, 3.05) is 7.11 Å². The zero-order chi connectivity index (χ0) is 24.2. The molecule has 1 heterocycles. The highest BCUT2D eigenvalue weighted by atomic mass is 32.1. The molecule has 0 aliphatic heterocycles. The van der Waals surface area contributed by atoms with Crippen molar-refractivity contribution in [3.63, 3.8) is 0 Å². The fraction of sp³-hybridized carbons (Fsp3) is 0.222. The van der Waals surface area contributed by atoms with Crippen LogP contribution in [-0.2, 0) is 20.0 Å². The van der Waals surface area contributed by atoms with E-state index in [9.17, 15) is 9.59 Å². The summed E-state index contributed by atoms with van der Waals surface area (Å²) in [7, 11) is 3.28. The second kappa shape index (κ2) is 10.1. The van der Waals surface area contributed by atoms with Gasteiger partial charge in [0.15, 0.2) is 4.77 Å². The van der Waals surface area contributed by atoms with E-state index in [1.807, 2.05) is 66.4 Å². The number of rotatable bonds is 7. The van der Waals surface area contributed by atoms with E-state index in [0.29, 0.717) is 34.2 Å². The van der Waals surface area contributed by atoms with Crippen LogP contribution in [-0.4, -0.2) is 33.5 Å². The SMILES string of the molecule is COc1ccccc1CC(C)N(Cc1ccccc1)C(=O)c1ccc2c(=O)n(C)c(=S)[nH]c2c1. The zero-order valence-corrected chi connectivity index (χ0v) is 20.3. The van der Waals surface area contributed by atoms with Crippen LogP contribution in [0.25, 0.3) is 10.9 Å². The molecule has 0 aliphatic rings. The second-order valence-corrected chi connectivity index (χ2v) is 8.73. The lowest BCUT2D eigenvalue weighted by Gasteiger charge is -2.30. The molecule has 1 amide bonds. The van der Waals surface area contributed by atoms with Crippen LogP contribution in [0.5, 0.6) is 5.75 Å². The Balaban J connectivity index is 1.72. The van der Waals surface area contributed by atoms with Gasteiger partial charge in [-0.3, -0.25) is 14.2 Å². The first-order chi connectivity index (χ1) is 16.4. The minimum atomic E-state index is -0.191. The number of amides is 1. The van der Waals surface area contributed by atoms with E-state index in [0.717, 1.165) is 16.9 Å². The van der Waals surface area contributed by atoms with Crippen molar-refractivity contribution in [2.45, 2.75) is 25.9 Å². The third-order valence-electron chi connectivity index (χ3n) is 6.04. The van der Waals surface area contributed by atoms with Crippen molar-refractivity contribution in [3.05, 3.63) is 105 Å². The summed E-state index contributed by atoms with van der Waals surface area (Å²) >= 11 is 5.25. The molecule has 3 aromatic carbocycles. The molecule has 0 saturated heterocycles. The minimum absolute atomic E-state index is 0.109. The number of hydrogen-bond donors (Lipinski definition) is 1. The summed E-state index contributed by atoms with van der Waals surface area (Å²) in [6, 6.07) is 22.8. The number of benzene rings is 3. The highest BCUT2D eigenvalue weighted by Gasteiger charge is 2.24. The molecule has 1 N–H and O–H groups in total. The number of aromatic amines is 1. The quantitative estimate of drug-likeness (QED) is 0.389. The molecule has 174 valence electrons. The van der Waals surface area contributed by atoms with Crippen LogP contribution in [0.15, 0.2) is 77.6 Å². The van der Waals surface area contributed by atoms with E-state index in [4.69, 9.17) is 17.0 Å². The van der Waals surface area contributed by atoms with Gasteiger partial charge in [0.25, 0.3) is 11.5 Å².